The maximum absolute atomic E-state index is 6.41. The number of hydrogen-bond acceptors (Lipinski definition) is 2. The van der Waals surface area contributed by atoms with Crippen molar-refractivity contribution in [2.45, 2.75) is 44.3 Å². The third-order valence-corrected chi connectivity index (χ3v) is 10.2. The second-order valence-electron chi connectivity index (χ2n) is 9.10. The van der Waals surface area contributed by atoms with Crippen molar-refractivity contribution in [3.63, 3.8) is 0 Å². The highest BCUT2D eigenvalue weighted by Crippen LogP contribution is 2.32. The Bertz CT molecular complexity index is 953. The van der Waals surface area contributed by atoms with Gasteiger partial charge in [0, 0.05) is 23.2 Å². The Morgan fingerprint density at radius 2 is 1.55 bits per heavy atom. The van der Waals surface area contributed by atoms with E-state index in [9.17, 15) is 0 Å². The Kier molecular flexibility index (Phi) is 7.12. The fourth-order valence-electron chi connectivity index (χ4n) is 4.74. The molecule has 0 saturated carbocycles. The Hall–Kier alpha value is -1.72. The molecule has 0 amide bonds. The number of benzene rings is 3. The van der Waals surface area contributed by atoms with Crippen molar-refractivity contribution in [1.82, 2.24) is 5.32 Å². The monoisotopic (exact) mass is 492 g/mol. The van der Waals surface area contributed by atoms with Gasteiger partial charge in [0.1, 0.15) is 8.80 Å². The molecular formula is C27H31BrNOSi. The van der Waals surface area contributed by atoms with E-state index in [4.69, 9.17) is 4.74 Å². The summed E-state index contributed by atoms with van der Waals surface area (Å²) in [5, 5.41) is 6.68. The van der Waals surface area contributed by atoms with Crippen molar-refractivity contribution in [2.24, 2.45) is 0 Å². The van der Waals surface area contributed by atoms with Gasteiger partial charge in [-0.3, -0.25) is 0 Å². The summed E-state index contributed by atoms with van der Waals surface area (Å²) in [6.07, 6.45) is 0.997. The van der Waals surface area contributed by atoms with Crippen LogP contribution in [0.15, 0.2) is 83.3 Å². The minimum Gasteiger partial charge on any atom is -0.380 e. The van der Waals surface area contributed by atoms with Gasteiger partial charge in [0.25, 0.3) is 0 Å². The standard InChI is InChI=1S/C27H31BrNOSi/c1-20-24-15-10-16-26(28)25(24)17-21(29-20)18-30-19-27(2,3)31(22-11-6-4-7-12-22)23-13-8-5-9-14-23/h4-16,20-21,29H,17-19H2,1-3H3/t20-,21+/m0/s1. The molecule has 0 saturated heterocycles. The van der Waals surface area contributed by atoms with Gasteiger partial charge in [-0.1, -0.05) is 113 Å². The molecule has 4 heteroatoms. The van der Waals surface area contributed by atoms with Gasteiger partial charge in [-0.25, -0.2) is 0 Å². The molecule has 0 aromatic heterocycles. The maximum atomic E-state index is 6.41. The van der Waals surface area contributed by atoms with E-state index in [-0.39, 0.29) is 5.04 Å². The van der Waals surface area contributed by atoms with E-state index in [0.717, 1.165) is 19.6 Å². The highest BCUT2D eigenvalue weighted by atomic mass is 79.9. The van der Waals surface area contributed by atoms with E-state index in [0.29, 0.717) is 12.1 Å². The van der Waals surface area contributed by atoms with Crippen LogP contribution in [0.2, 0.25) is 5.04 Å². The second kappa shape index (κ2) is 9.82. The average Bonchev–Trinajstić information content (AvgIpc) is 2.76. The maximum Gasteiger partial charge on any atom is 0.129 e. The molecule has 31 heavy (non-hydrogen) atoms. The summed E-state index contributed by atoms with van der Waals surface area (Å²) in [4.78, 5) is 0. The van der Waals surface area contributed by atoms with Gasteiger partial charge in [-0.2, -0.15) is 0 Å². The molecule has 4 rings (SSSR count). The van der Waals surface area contributed by atoms with Gasteiger partial charge < -0.3 is 10.1 Å². The van der Waals surface area contributed by atoms with Crippen LogP contribution in [-0.2, 0) is 11.2 Å². The Morgan fingerprint density at radius 1 is 0.935 bits per heavy atom. The third-order valence-electron chi connectivity index (χ3n) is 6.14. The van der Waals surface area contributed by atoms with Crippen molar-refractivity contribution in [2.75, 3.05) is 13.2 Å². The first-order valence-corrected chi connectivity index (χ1v) is 13.3. The average molecular weight is 494 g/mol. The number of nitrogens with one attached hydrogen (secondary N) is 1. The van der Waals surface area contributed by atoms with Crippen LogP contribution >= 0.6 is 15.9 Å². The minimum absolute atomic E-state index is 0.0617. The van der Waals surface area contributed by atoms with Crippen molar-refractivity contribution in [3.05, 3.63) is 94.5 Å². The van der Waals surface area contributed by atoms with Gasteiger partial charge in [-0.15, -0.1) is 0 Å². The first-order valence-electron chi connectivity index (χ1n) is 11.0. The van der Waals surface area contributed by atoms with E-state index in [2.05, 4.69) is 121 Å². The van der Waals surface area contributed by atoms with Crippen LogP contribution in [0, 0.1) is 0 Å². The van der Waals surface area contributed by atoms with E-state index in [1.807, 2.05) is 0 Å². The number of rotatable bonds is 7. The predicted molar refractivity (Wildman–Crippen MR) is 136 cm³/mol. The molecule has 1 radical (unpaired) electrons. The zero-order valence-corrected chi connectivity index (χ0v) is 21.2. The largest absolute Gasteiger partial charge is 0.380 e. The van der Waals surface area contributed by atoms with Crippen LogP contribution in [0.3, 0.4) is 0 Å². The van der Waals surface area contributed by atoms with Crippen LogP contribution < -0.4 is 15.7 Å². The molecule has 1 aliphatic rings. The molecule has 1 aliphatic heterocycles. The SMILES string of the molecule is C[C@@H]1N[C@@H](COCC(C)(C)[Si](c2ccccc2)c2ccccc2)Cc2c(Br)cccc21. The van der Waals surface area contributed by atoms with E-state index >= 15 is 0 Å². The van der Waals surface area contributed by atoms with Gasteiger partial charge in [0.15, 0.2) is 0 Å². The van der Waals surface area contributed by atoms with Crippen LogP contribution in [-0.4, -0.2) is 28.1 Å². The number of hydrogen-bond donors (Lipinski definition) is 1. The van der Waals surface area contributed by atoms with Crippen LogP contribution in [0.1, 0.15) is 37.9 Å². The molecule has 3 aromatic rings. The first kappa shape index (κ1) is 22.5. The van der Waals surface area contributed by atoms with Crippen molar-refractivity contribution in [1.29, 1.82) is 0 Å². The van der Waals surface area contributed by atoms with E-state index in [1.54, 1.807) is 0 Å². The van der Waals surface area contributed by atoms with Crippen LogP contribution in [0.4, 0.5) is 0 Å². The molecule has 0 unspecified atom stereocenters. The molecule has 1 N–H and O–H groups in total. The molecule has 2 nitrogen and oxygen atoms in total. The lowest BCUT2D eigenvalue weighted by molar-refractivity contribution is 0.0889. The molecule has 0 aliphatic carbocycles. The molecule has 1 heterocycles. The van der Waals surface area contributed by atoms with Crippen LogP contribution in [0.5, 0.6) is 0 Å². The van der Waals surface area contributed by atoms with Crippen LogP contribution in [0.25, 0.3) is 0 Å². The quantitative estimate of drug-likeness (QED) is 0.461. The fourth-order valence-corrected chi connectivity index (χ4v) is 8.48. The predicted octanol–water partition coefficient (Wildman–Crippen LogP) is 5.13. The molecule has 3 aromatic carbocycles. The summed E-state index contributed by atoms with van der Waals surface area (Å²) >= 11 is 3.74. The number of fused-ring (bicyclic) bond motifs is 1. The van der Waals surface area contributed by atoms with Crippen molar-refractivity contribution < 1.29 is 4.74 Å². The zero-order chi connectivity index (χ0) is 21.8. The highest BCUT2D eigenvalue weighted by Gasteiger charge is 2.35. The molecular weight excluding hydrogens is 462 g/mol. The summed E-state index contributed by atoms with van der Waals surface area (Å²) in [5.74, 6) is 0. The normalized spacial score (nSPS) is 18.7. The molecule has 161 valence electrons. The zero-order valence-electron chi connectivity index (χ0n) is 18.6. The summed E-state index contributed by atoms with van der Waals surface area (Å²) in [6.45, 7) is 8.45. The highest BCUT2D eigenvalue weighted by molar-refractivity contribution is 9.10. The molecule has 2 atom stereocenters. The third kappa shape index (κ3) is 5.20. The summed E-state index contributed by atoms with van der Waals surface area (Å²) < 4.78 is 7.62. The lowest BCUT2D eigenvalue weighted by Crippen LogP contribution is -2.52. The molecule has 0 spiro atoms. The summed E-state index contributed by atoms with van der Waals surface area (Å²) in [6, 6.07) is 29.1. The van der Waals surface area contributed by atoms with E-state index < -0.39 is 8.80 Å². The van der Waals surface area contributed by atoms with Gasteiger partial charge >= 0.3 is 0 Å². The van der Waals surface area contributed by atoms with Gasteiger partial charge in [-0.05, 0) is 35.6 Å². The first-order chi connectivity index (χ1) is 15.0. The van der Waals surface area contributed by atoms with Gasteiger partial charge in [0.05, 0.1) is 6.61 Å². The van der Waals surface area contributed by atoms with Crippen molar-refractivity contribution in [3.8, 4) is 0 Å². The fraction of sp³-hybridized carbons (Fsp3) is 0.333. The topological polar surface area (TPSA) is 21.3 Å². The summed E-state index contributed by atoms with van der Waals surface area (Å²) in [5.41, 5.74) is 2.81. The Balaban J connectivity index is 1.46. The van der Waals surface area contributed by atoms with Crippen molar-refractivity contribution >= 4 is 35.1 Å². The summed E-state index contributed by atoms with van der Waals surface area (Å²) in [7, 11) is -0.997. The number of ether oxygens (including phenoxy) is 1. The van der Waals surface area contributed by atoms with E-state index in [1.165, 1.54) is 26.0 Å². The number of halogens is 1. The molecule has 0 fully saturated rings. The second-order valence-corrected chi connectivity index (χ2v) is 13.2. The smallest absolute Gasteiger partial charge is 0.129 e. The van der Waals surface area contributed by atoms with Gasteiger partial charge in [0.2, 0.25) is 0 Å². The minimum atomic E-state index is -0.997. The lowest BCUT2D eigenvalue weighted by atomic mass is 9.91. The Morgan fingerprint density at radius 3 is 2.16 bits per heavy atom. The Labute approximate surface area is 196 Å². The lowest BCUT2D eigenvalue weighted by Gasteiger charge is -2.35. The molecule has 0 bridgehead atoms.